The Bertz CT molecular complexity index is 932. The van der Waals surface area contributed by atoms with E-state index >= 15 is 0 Å². The summed E-state index contributed by atoms with van der Waals surface area (Å²) in [6.45, 7) is 3.72. The molecule has 0 radical (unpaired) electrons. The van der Waals surface area contributed by atoms with Crippen LogP contribution < -0.4 is 14.8 Å². The first-order chi connectivity index (χ1) is 15.1. The monoisotopic (exact) mass is 421 g/mol. The highest BCUT2D eigenvalue weighted by molar-refractivity contribution is 5.80. The van der Waals surface area contributed by atoms with Crippen molar-refractivity contribution in [1.29, 1.82) is 5.26 Å². The van der Waals surface area contributed by atoms with Gasteiger partial charge < -0.3 is 19.7 Å². The van der Waals surface area contributed by atoms with Gasteiger partial charge in [0.15, 0.2) is 18.1 Å². The van der Waals surface area contributed by atoms with Crippen LogP contribution in [-0.4, -0.2) is 43.0 Å². The molecule has 0 aliphatic carbocycles. The Morgan fingerprint density at radius 1 is 1.10 bits per heavy atom. The van der Waals surface area contributed by atoms with Gasteiger partial charge in [0.1, 0.15) is 0 Å². The van der Waals surface area contributed by atoms with Crippen molar-refractivity contribution in [2.45, 2.75) is 26.3 Å². The SMILES string of the molecule is CCOc1cc(C#N)ccc1OCC(=O)N1CCC(C(=O)NCc2ccccc2)CC1. The molecule has 0 aromatic heterocycles. The first-order valence-electron chi connectivity index (χ1n) is 10.5. The quantitative estimate of drug-likeness (QED) is 0.708. The van der Waals surface area contributed by atoms with Crippen LogP contribution in [-0.2, 0) is 16.1 Å². The lowest BCUT2D eigenvalue weighted by atomic mass is 9.96. The maximum Gasteiger partial charge on any atom is 0.260 e. The Labute approximate surface area is 182 Å². The number of carbonyl (C=O) groups excluding carboxylic acids is 2. The largest absolute Gasteiger partial charge is 0.490 e. The summed E-state index contributed by atoms with van der Waals surface area (Å²) in [5.41, 5.74) is 1.53. The minimum atomic E-state index is -0.130. The Morgan fingerprint density at radius 2 is 1.84 bits per heavy atom. The molecule has 2 aromatic carbocycles. The van der Waals surface area contributed by atoms with Crippen LogP contribution in [0.15, 0.2) is 48.5 Å². The topological polar surface area (TPSA) is 91.7 Å². The zero-order valence-corrected chi connectivity index (χ0v) is 17.7. The van der Waals surface area contributed by atoms with Gasteiger partial charge in [0.2, 0.25) is 5.91 Å². The fraction of sp³-hybridized carbons (Fsp3) is 0.375. The van der Waals surface area contributed by atoms with Crippen LogP contribution in [0.5, 0.6) is 11.5 Å². The normalized spacial score (nSPS) is 13.9. The number of nitrogens with one attached hydrogen (secondary N) is 1. The summed E-state index contributed by atoms with van der Waals surface area (Å²) in [6, 6.07) is 16.7. The van der Waals surface area contributed by atoms with E-state index in [1.807, 2.05) is 37.3 Å². The third kappa shape index (κ3) is 6.22. The summed E-state index contributed by atoms with van der Waals surface area (Å²) in [5.74, 6) is 0.699. The molecule has 162 valence electrons. The van der Waals surface area contributed by atoms with E-state index in [0.29, 0.717) is 56.1 Å². The molecule has 1 N–H and O–H groups in total. The molecule has 0 atom stereocenters. The smallest absolute Gasteiger partial charge is 0.260 e. The molecule has 0 bridgehead atoms. The maximum atomic E-state index is 12.6. The lowest BCUT2D eigenvalue weighted by Gasteiger charge is -2.31. The van der Waals surface area contributed by atoms with Crippen LogP contribution in [0.1, 0.15) is 30.9 Å². The van der Waals surface area contributed by atoms with Crippen LogP contribution in [0.25, 0.3) is 0 Å². The molecule has 7 heteroatoms. The average molecular weight is 421 g/mol. The number of likely N-dealkylation sites (tertiary alicyclic amines) is 1. The van der Waals surface area contributed by atoms with Crippen molar-refractivity contribution in [3.8, 4) is 17.6 Å². The van der Waals surface area contributed by atoms with E-state index in [-0.39, 0.29) is 24.3 Å². The molecule has 0 spiro atoms. The zero-order chi connectivity index (χ0) is 22.1. The molecule has 1 aliphatic rings. The van der Waals surface area contributed by atoms with Gasteiger partial charge in [-0.3, -0.25) is 9.59 Å². The highest BCUT2D eigenvalue weighted by Gasteiger charge is 2.27. The second-order valence-corrected chi connectivity index (χ2v) is 7.35. The fourth-order valence-electron chi connectivity index (χ4n) is 3.52. The molecule has 0 unspecified atom stereocenters. The molecule has 31 heavy (non-hydrogen) atoms. The van der Waals surface area contributed by atoms with Crippen LogP contribution >= 0.6 is 0 Å². The molecule has 3 rings (SSSR count). The molecule has 2 amide bonds. The molecular weight excluding hydrogens is 394 g/mol. The lowest BCUT2D eigenvalue weighted by molar-refractivity contribution is -0.137. The summed E-state index contributed by atoms with van der Waals surface area (Å²) in [6.07, 6.45) is 1.26. The minimum absolute atomic E-state index is 0.0335. The first kappa shape index (κ1) is 22.2. The van der Waals surface area contributed by atoms with Crippen LogP contribution in [0.4, 0.5) is 0 Å². The molecule has 1 heterocycles. The number of hydrogen-bond acceptors (Lipinski definition) is 5. The highest BCUT2D eigenvalue weighted by Crippen LogP contribution is 2.28. The van der Waals surface area contributed by atoms with Crippen LogP contribution in [0.2, 0.25) is 0 Å². The number of nitrogens with zero attached hydrogens (tertiary/aromatic N) is 2. The number of carbonyl (C=O) groups is 2. The lowest BCUT2D eigenvalue weighted by Crippen LogP contribution is -2.44. The van der Waals surface area contributed by atoms with Crippen molar-refractivity contribution >= 4 is 11.8 Å². The van der Waals surface area contributed by atoms with Crippen LogP contribution in [0, 0.1) is 17.2 Å². The molecule has 1 saturated heterocycles. The van der Waals surface area contributed by atoms with Crippen molar-refractivity contribution < 1.29 is 19.1 Å². The average Bonchev–Trinajstić information content (AvgIpc) is 2.82. The highest BCUT2D eigenvalue weighted by atomic mass is 16.5. The van der Waals surface area contributed by atoms with Gasteiger partial charge in [0, 0.05) is 31.6 Å². The van der Waals surface area contributed by atoms with Crippen molar-refractivity contribution in [2.24, 2.45) is 5.92 Å². The molecule has 7 nitrogen and oxygen atoms in total. The van der Waals surface area contributed by atoms with Gasteiger partial charge in [0.25, 0.3) is 5.91 Å². The summed E-state index contributed by atoms with van der Waals surface area (Å²) < 4.78 is 11.2. The van der Waals surface area contributed by atoms with E-state index in [4.69, 9.17) is 14.7 Å². The first-order valence-corrected chi connectivity index (χ1v) is 10.5. The summed E-state index contributed by atoms with van der Waals surface area (Å²) in [7, 11) is 0. The fourth-order valence-corrected chi connectivity index (χ4v) is 3.52. The van der Waals surface area contributed by atoms with Gasteiger partial charge in [-0.2, -0.15) is 5.26 Å². The Balaban J connectivity index is 1.45. The number of amides is 2. The predicted octanol–water partition coefficient (Wildman–Crippen LogP) is 2.89. The Morgan fingerprint density at radius 3 is 2.52 bits per heavy atom. The third-order valence-electron chi connectivity index (χ3n) is 5.25. The number of rotatable bonds is 8. The van der Waals surface area contributed by atoms with Crippen molar-refractivity contribution in [2.75, 3.05) is 26.3 Å². The predicted molar refractivity (Wildman–Crippen MR) is 115 cm³/mol. The van der Waals surface area contributed by atoms with E-state index in [9.17, 15) is 9.59 Å². The number of benzene rings is 2. The number of ether oxygens (including phenoxy) is 2. The van der Waals surface area contributed by atoms with Crippen molar-refractivity contribution in [1.82, 2.24) is 10.2 Å². The summed E-state index contributed by atoms with van der Waals surface area (Å²) in [5, 5.41) is 12.0. The number of nitriles is 1. The van der Waals surface area contributed by atoms with Gasteiger partial charge in [-0.05, 0) is 37.5 Å². The van der Waals surface area contributed by atoms with E-state index in [0.717, 1.165) is 5.56 Å². The second kappa shape index (κ2) is 11.0. The van der Waals surface area contributed by atoms with Gasteiger partial charge in [-0.25, -0.2) is 0 Å². The Kier molecular flexibility index (Phi) is 7.88. The third-order valence-corrected chi connectivity index (χ3v) is 5.25. The van der Waals surface area contributed by atoms with Crippen molar-refractivity contribution in [3.63, 3.8) is 0 Å². The number of piperidine rings is 1. The second-order valence-electron chi connectivity index (χ2n) is 7.35. The van der Waals surface area contributed by atoms with Gasteiger partial charge in [-0.1, -0.05) is 30.3 Å². The molecule has 1 aliphatic heterocycles. The minimum Gasteiger partial charge on any atom is -0.490 e. The van der Waals surface area contributed by atoms with E-state index in [1.54, 1.807) is 23.1 Å². The zero-order valence-electron chi connectivity index (χ0n) is 17.7. The molecule has 0 saturated carbocycles. The molecule has 2 aromatic rings. The van der Waals surface area contributed by atoms with Gasteiger partial charge in [0.05, 0.1) is 18.2 Å². The van der Waals surface area contributed by atoms with E-state index in [1.165, 1.54) is 0 Å². The Hall–Kier alpha value is -3.53. The summed E-state index contributed by atoms with van der Waals surface area (Å²) >= 11 is 0. The molecular formula is C24H27N3O4. The van der Waals surface area contributed by atoms with Gasteiger partial charge in [-0.15, -0.1) is 0 Å². The van der Waals surface area contributed by atoms with Gasteiger partial charge >= 0.3 is 0 Å². The van der Waals surface area contributed by atoms with E-state index < -0.39 is 0 Å². The summed E-state index contributed by atoms with van der Waals surface area (Å²) in [4.78, 5) is 26.7. The standard InChI is InChI=1S/C24H27N3O4/c1-2-30-22-14-19(15-25)8-9-21(22)31-17-23(28)27-12-10-20(11-13-27)24(29)26-16-18-6-4-3-5-7-18/h3-9,14,20H,2,10-13,16-17H2,1H3,(H,26,29). The molecule has 1 fully saturated rings. The van der Waals surface area contributed by atoms with Crippen LogP contribution in [0.3, 0.4) is 0 Å². The number of hydrogen-bond donors (Lipinski definition) is 1. The van der Waals surface area contributed by atoms with E-state index in [2.05, 4.69) is 11.4 Å². The maximum absolute atomic E-state index is 12.6. The van der Waals surface area contributed by atoms with Crippen molar-refractivity contribution in [3.05, 3.63) is 59.7 Å².